The van der Waals surface area contributed by atoms with Crippen molar-refractivity contribution in [3.63, 3.8) is 0 Å². The molecule has 0 radical (unpaired) electrons. The van der Waals surface area contributed by atoms with E-state index in [2.05, 4.69) is 0 Å². The maximum Gasteiger partial charge on any atom is 0.194 e. The maximum atomic E-state index is 13.4. The Labute approximate surface area is 151 Å². The van der Waals surface area contributed by atoms with Gasteiger partial charge >= 0.3 is 0 Å². The third-order valence-electron chi connectivity index (χ3n) is 5.40. The molecule has 0 atom stereocenters. The van der Waals surface area contributed by atoms with Gasteiger partial charge in [0.2, 0.25) is 0 Å². The van der Waals surface area contributed by atoms with Crippen LogP contribution in [0.2, 0.25) is 0 Å². The second kappa shape index (κ2) is 5.37. The van der Waals surface area contributed by atoms with Gasteiger partial charge in [-0.05, 0) is 57.8 Å². The summed E-state index contributed by atoms with van der Waals surface area (Å²) in [5.41, 5.74) is 3.46. The molecule has 2 heteroatoms. The minimum Gasteiger partial charge on any atom is -0.294 e. The molecule has 4 aromatic carbocycles. The molecule has 0 heterocycles. The largest absolute Gasteiger partial charge is 0.294 e. The van der Waals surface area contributed by atoms with Gasteiger partial charge in [0.25, 0.3) is 0 Å². The number of hydrogen-bond donors (Lipinski definition) is 0. The third kappa shape index (κ3) is 2.05. The van der Waals surface area contributed by atoms with Gasteiger partial charge in [0.15, 0.2) is 11.6 Å². The van der Waals surface area contributed by atoms with E-state index in [0.29, 0.717) is 16.7 Å². The van der Waals surface area contributed by atoms with Crippen LogP contribution in [0.5, 0.6) is 0 Å². The highest BCUT2D eigenvalue weighted by atomic mass is 16.1. The lowest BCUT2D eigenvalue weighted by Gasteiger charge is -2.12. The van der Waals surface area contributed by atoms with E-state index in [1.165, 1.54) is 0 Å². The molecule has 0 aliphatic heterocycles. The van der Waals surface area contributed by atoms with Crippen LogP contribution < -0.4 is 0 Å². The first kappa shape index (κ1) is 15.0. The van der Waals surface area contributed by atoms with E-state index in [9.17, 15) is 9.59 Å². The van der Waals surface area contributed by atoms with E-state index in [-0.39, 0.29) is 18.0 Å². The van der Waals surface area contributed by atoms with Crippen LogP contribution in [0.25, 0.3) is 21.5 Å². The summed E-state index contributed by atoms with van der Waals surface area (Å²) in [6.07, 6.45) is 0.261. The number of Topliss-reactive ketones (excluding diaryl/α,β-unsaturated/α-hetero) is 1. The lowest BCUT2D eigenvalue weighted by molar-refractivity contribution is 0.0985. The smallest absolute Gasteiger partial charge is 0.194 e. The number of fused-ring (bicyclic) bond motifs is 4. The predicted molar refractivity (Wildman–Crippen MR) is 104 cm³/mol. The summed E-state index contributed by atoms with van der Waals surface area (Å²) in [5.74, 6) is -0.0360. The zero-order valence-corrected chi connectivity index (χ0v) is 14.4. The highest BCUT2D eigenvalue weighted by molar-refractivity contribution is 6.23. The second-order valence-electron chi connectivity index (χ2n) is 6.93. The van der Waals surface area contributed by atoms with Crippen molar-refractivity contribution in [1.29, 1.82) is 0 Å². The van der Waals surface area contributed by atoms with Crippen molar-refractivity contribution in [3.8, 4) is 0 Å². The molecule has 1 aliphatic rings. The Morgan fingerprint density at radius 1 is 0.731 bits per heavy atom. The number of rotatable bonds is 0. The van der Waals surface area contributed by atoms with Gasteiger partial charge in [-0.2, -0.15) is 0 Å². The highest BCUT2D eigenvalue weighted by Crippen LogP contribution is 2.33. The molecule has 4 aromatic rings. The predicted octanol–water partition coefficient (Wildman–Crippen LogP) is 5.27. The van der Waals surface area contributed by atoms with Crippen LogP contribution in [0.3, 0.4) is 0 Å². The lowest BCUT2D eigenvalue weighted by atomic mass is 9.90. The van der Waals surface area contributed by atoms with Crippen molar-refractivity contribution in [2.75, 3.05) is 0 Å². The van der Waals surface area contributed by atoms with E-state index in [1.54, 1.807) is 0 Å². The average Bonchev–Trinajstić information content (AvgIpc) is 2.76. The van der Waals surface area contributed by atoms with Crippen LogP contribution in [-0.4, -0.2) is 11.6 Å². The maximum absolute atomic E-state index is 13.4. The van der Waals surface area contributed by atoms with Crippen molar-refractivity contribution in [3.05, 3.63) is 94.5 Å². The minimum atomic E-state index is -0.0464. The Hall–Kier alpha value is -3.26. The van der Waals surface area contributed by atoms with E-state index in [1.807, 2.05) is 73.7 Å². The van der Waals surface area contributed by atoms with Gasteiger partial charge in [0.1, 0.15) is 0 Å². The van der Waals surface area contributed by atoms with Crippen LogP contribution in [0, 0.1) is 6.92 Å². The average molecular weight is 336 g/mol. The molecular weight excluding hydrogens is 320 g/mol. The molecule has 26 heavy (non-hydrogen) atoms. The Balaban J connectivity index is 1.86. The fourth-order valence-corrected chi connectivity index (χ4v) is 4.09. The molecule has 0 saturated heterocycles. The summed E-state index contributed by atoms with van der Waals surface area (Å²) in [6, 6.07) is 21.7. The zero-order valence-electron chi connectivity index (χ0n) is 14.4. The van der Waals surface area contributed by atoms with Crippen molar-refractivity contribution in [2.45, 2.75) is 13.3 Å². The number of aryl methyl sites for hydroxylation is 1. The van der Waals surface area contributed by atoms with Gasteiger partial charge in [0, 0.05) is 23.1 Å². The monoisotopic (exact) mass is 336 g/mol. The topological polar surface area (TPSA) is 34.1 Å². The molecule has 0 unspecified atom stereocenters. The summed E-state index contributed by atoms with van der Waals surface area (Å²) < 4.78 is 0. The number of benzene rings is 4. The fraction of sp³-hybridized carbons (Fsp3) is 0.0833. The van der Waals surface area contributed by atoms with Crippen molar-refractivity contribution >= 4 is 33.1 Å². The van der Waals surface area contributed by atoms with Gasteiger partial charge in [-0.15, -0.1) is 0 Å². The van der Waals surface area contributed by atoms with Gasteiger partial charge in [0.05, 0.1) is 0 Å². The standard InChI is InChI=1S/C24H16O2/c1-14-19-9-5-4-8-17(19)12-21-22(25)13-18-10-15-6-2-3-7-16(15)11-20(18)24(26)23(14)21/h2-12H,13H2,1H3. The first-order valence-electron chi connectivity index (χ1n) is 8.75. The summed E-state index contributed by atoms with van der Waals surface area (Å²) >= 11 is 0. The summed E-state index contributed by atoms with van der Waals surface area (Å²) in [7, 11) is 0. The van der Waals surface area contributed by atoms with Gasteiger partial charge in [-0.1, -0.05) is 48.5 Å². The van der Waals surface area contributed by atoms with Crippen molar-refractivity contribution in [1.82, 2.24) is 0 Å². The normalized spacial score (nSPS) is 13.6. The summed E-state index contributed by atoms with van der Waals surface area (Å²) in [5, 5.41) is 4.10. The summed E-state index contributed by atoms with van der Waals surface area (Å²) in [4.78, 5) is 26.4. The van der Waals surface area contributed by atoms with Crippen LogP contribution in [-0.2, 0) is 6.42 Å². The van der Waals surface area contributed by atoms with E-state index < -0.39 is 0 Å². The molecule has 1 aliphatic carbocycles. The fourth-order valence-electron chi connectivity index (χ4n) is 4.09. The van der Waals surface area contributed by atoms with Crippen LogP contribution in [0.4, 0.5) is 0 Å². The van der Waals surface area contributed by atoms with Crippen LogP contribution in [0.1, 0.15) is 37.4 Å². The Morgan fingerprint density at radius 3 is 2.12 bits per heavy atom. The number of carbonyl (C=O) groups excluding carboxylic acids is 2. The SMILES string of the molecule is Cc1c2c(cc3ccccc13)C(=O)Cc1cc3ccccc3cc1C2=O. The molecule has 0 amide bonds. The molecule has 124 valence electrons. The van der Waals surface area contributed by atoms with Gasteiger partial charge in [-0.3, -0.25) is 9.59 Å². The molecule has 0 fully saturated rings. The first-order valence-corrected chi connectivity index (χ1v) is 8.75. The van der Waals surface area contributed by atoms with E-state index in [0.717, 1.165) is 32.7 Å². The van der Waals surface area contributed by atoms with Gasteiger partial charge in [-0.25, -0.2) is 0 Å². The molecule has 0 N–H and O–H groups in total. The molecule has 0 aromatic heterocycles. The summed E-state index contributed by atoms with van der Waals surface area (Å²) in [6.45, 7) is 1.94. The van der Waals surface area contributed by atoms with Crippen molar-refractivity contribution in [2.24, 2.45) is 0 Å². The van der Waals surface area contributed by atoms with Gasteiger partial charge < -0.3 is 0 Å². The Morgan fingerprint density at radius 2 is 1.35 bits per heavy atom. The van der Waals surface area contributed by atoms with Crippen LogP contribution in [0.15, 0.2) is 66.7 Å². The Bertz CT molecular complexity index is 1250. The number of hydrogen-bond acceptors (Lipinski definition) is 2. The third-order valence-corrected chi connectivity index (χ3v) is 5.40. The number of ketones is 2. The molecule has 5 rings (SSSR count). The van der Waals surface area contributed by atoms with Crippen molar-refractivity contribution < 1.29 is 9.59 Å². The molecular formula is C24H16O2. The van der Waals surface area contributed by atoms with Crippen LogP contribution >= 0.6 is 0 Å². The van der Waals surface area contributed by atoms with E-state index >= 15 is 0 Å². The lowest BCUT2D eigenvalue weighted by Crippen LogP contribution is -2.09. The molecule has 2 nitrogen and oxygen atoms in total. The molecule has 0 saturated carbocycles. The first-order chi connectivity index (χ1) is 12.6. The minimum absolute atomic E-state index is 0.0104. The molecule has 0 spiro atoms. The second-order valence-corrected chi connectivity index (χ2v) is 6.93. The van der Waals surface area contributed by atoms with E-state index in [4.69, 9.17) is 0 Å². The zero-order chi connectivity index (χ0) is 17.8. The Kier molecular flexibility index (Phi) is 3.10. The highest BCUT2D eigenvalue weighted by Gasteiger charge is 2.28. The number of carbonyl (C=O) groups is 2. The molecule has 0 bridgehead atoms. The quantitative estimate of drug-likeness (QED) is 0.438.